The first kappa shape index (κ1) is 11.9. The molecule has 0 saturated heterocycles. The molecular weight excluding hydrogens is 276 g/mol. The van der Waals surface area contributed by atoms with E-state index in [4.69, 9.17) is 4.74 Å². The van der Waals surface area contributed by atoms with Gasteiger partial charge in [-0.25, -0.2) is 0 Å². The van der Waals surface area contributed by atoms with Crippen molar-refractivity contribution in [2.75, 3.05) is 7.11 Å². The fourth-order valence-electron chi connectivity index (χ4n) is 1.60. The lowest BCUT2D eigenvalue weighted by atomic mass is 10.1. The van der Waals surface area contributed by atoms with Gasteiger partial charge in [0.05, 0.1) is 7.11 Å². The Kier molecular flexibility index (Phi) is 3.99. The summed E-state index contributed by atoms with van der Waals surface area (Å²) in [5.41, 5.74) is 2.21. The summed E-state index contributed by atoms with van der Waals surface area (Å²) in [7, 11) is 1.68. The Morgan fingerprint density at radius 1 is 1.00 bits per heavy atom. The summed E-state index contributed by atoms with van der Waals surface area (Å²) in [6.45, 7) is 0. The summed E-state index contributed by atoms with van der Waals surface area (Å²) in [6, 6.07) is 18.1. The predicted octanol–water partition coefficient (Wildman–Crippen LogP) is 4.59. The Morgan fingerprint density at radius 2 is 1.65 bits per heavy atom. The van der Waals surface area contributed by atoms with Crippen molar-refractivity contribution in [1.82, 2.24) is 0 Å². The van der Waals surface area contributed by atoms with Gasteiger partial charge in [-0.15, -0.1) is 0 Å². The van der Waals surface area contributed by atoms with Crippen LogP contribution in [-0.2, 0) is 0 Å². The molecule has 86 valence electrons. The van der Waals surface area contributed by atoms with E-state index >= 15 is 0 Å². The third-order valence-electron chi connectivity index (χ3n) is 2.47. The summed E-state index contributed by atoms with van der Waals surface area (Å²) >= 11 is 3.59. The first-order valence-corrected chi connectivity index (χ1v) is 6.16. The summed E-state index contributed by atoms with van der Waals surface area (Å²) in [5, 5.41) is 0. The van der Waals surface area contributed by atoms with E-state index < -0.39 is 0 Å². The highest BCUT2D eigenvalue weighted by Crippen LogP contribution is 2.27. The molecule has 0 aliphatic rings. The molecule has 0 fully saturated rings. The van der Waals surface area contributed by atoms with Gasteiger partial charge < -0.3 is 4.74 Å². The molecule has 0 heterocycles. The van der Waals surface area contributed by atoms with Crippen molar-refractivity contribution in [3.05, 3.63) is 65.7 Å². The number of ether oxygens (including phenoxy) is 1. The highest BCUT2D eigenvalue weighted by Gasteiger charge is 2.01. The SMILES string of the molecule is COc1ccccc1/C=C(/Br)c1ccccc1. The molecule has 2 aromatic carbocycles. The van der Waals surface area contributed by atoms with Gasteiger partial charge in [-0.3, -0.25) is 0 Å². The minimum Gasteiger partial charge on any atom is -0.496 e. The van der Waals surface area contributed by atoms with Crippen molar-refractivity contribution in [1.29, 1.82) is 0 Å². The van der Waals surface area contributed by atoms with Gasteiger partial charge >= 0.3 is 0 Å². The van der Waals surface area contributed by atoms with Crippen LogP contribution in [0, 0.1) is 0 Å². The molecule has 2 aromatic rings. The molecule has 0 aliphatic carbocycles. The average molecular weight is 289 g/mol. The zero-order valence-corrected chi connectivity index (χ0v) is 11.1. The van der Waals surface area contributed by atoms with E-state index in [1.807, 2.05) is 42.5 Å². The average Bonchev–Trinajstić information content (AvgIpc) is 2.40. The number of halogens is 1. The molecule has 17 heavy (non-hydrogen) atoms. The van der Waals surface area contributed by atoms with Gasteiger partial charge in [0.15, 0.2) is 0 Å². The molecule has 0 unspecified atom stereocenters. The monoisotopic (exact) mass is 288 g/mol. The van der Waals surface area contributed by atoms with Crippen molar-refractivity contribution in [3.63, 3.8) is 0 Å². The van der Waals surface area contributed by atoms with Crippen LogP contribution in [0.2, 0.25) is 0 Å². The maximum absolute atomic E-state index is 5.32. The van der Waals surface area contributed by atoms with Crippen LogP contribution in [-0.4, -0.2) is 7.11 Å². The lowest BCUT2D eigenvalue weighted by Crippen LogP contribution is -1.86. The second kappa shape index (κ2) is 5.69. The zero-order chi connectivity index (χ0) is 12.1. The minimum atomic E-state index is 0.875. The van der Waals surface area contributed by atoms with E-state index in [1.165, 1.54) is 0 Å². The topological polar surface area (TPSA) is 9.23 Å². The van der Waals surface area contributed by atoms with E-state index in [2.05, 4.69) is 34.1 Å². The second-order valence-electron chi connectivity index (χ2n) is 3.60. The molecule has 0 spiro atoms. The van der Waals surface area contributed by atoms with Gasteiger partial charge in [-0.05, 0) is 17.7 Å². The van der Waals surface area contributed by atoms with E-state index in [-0.39, 0.29) is 0 Å². The maximum atomic E-state index is 5.32. The molecule has 0 N–H and O–H groups in total. The Bertz CT molecular complexity index is 517. The predicted molar refractivity (Wildman–Crippen MR) is 76.2 cm³/mol. The van der Waals surface area contributed by atoms with Crippen LogP contribution < -0.4 is 4.74 Å². The lowest BCUT2D eigenvalue weighted by molar-refractivity contribution is 0.414. The van der Waals surface area contributed by atoms with Crippen molar-refractivity contribution in [2.24, 2.45) is 0 Å². The van der Waals surface area contributed by atoms with Crippen molar-refractivity contribution < 1.29 is 4.74 Å². The van der Waals surface area contributed by atoms with E-state index in [1.54, 1.807) is 7.11 Å². The largest absolute Gasteiger partial charge is 0.496 e. The van der Waals surface area contributed by atoms with Gasteiger partial charge in [-0.2, -0.15) is 0 Å². The van der Waals surface area contributed by atoms with Crippen molar-refractivity contribution >= 4 is 26.5 Å². The number of hydrogen-bond acceptors (Lipinski definition) is 1. The molecule has 1 nitrogen and oxygen atoms in total. The first-order valence-electron chi connectivity index (χ1n) is 5.37. The molecule has 0 atom stereocenters. The third-order valence-corrected chi connectivity index (χ3v) is 3.16. The highest BCUT2D eigenvalue weighted by atomic mass is 79.9. The molecule has 2 rings (SSSR count). The minimum absolute atomic E-state index is 0.875. The number of rotatable bonds is 3. The Balaban J connectivity index is 2.36. The summed E-state index contributed by atoms with van der Waals surface area (Å²) in [5.74, 6) is 0.875. The van der Waals surface area contributed by atoms with Crippen LogP contribution in [0.3, 0.4) is 0 Å². The Labute approximate surface area is 110 Å². The Hall–Kier alpha value is -1.54. The summed E-state index contributed by atoms with van der Waals surface area (Å²) in [4.78, 5) is 0. The fourth-order valence-corrected chi connectivity index (χ4v) is 2.11. The normalized spacial score (nSPS) is 11.3. The summed E-state index contributed by atoms with van der Waals surface area (Å²) in [6.07, 6.45) is 2.06. The fraction of sp³-hybridized carbons (Fsp3) is 0.0667. The van der Waals surface area contributed by atoms with Gasteiger partial charge in [-0.1, -0.05) is 64.5 Å². The van der Waals surface area contributed by atoms with Crippen LogP contribution in [0.15, 0.2) is 54.6 Å². The van der Waals surface area contributed by atoms with Crippen molar-refractivity contribution in [3.8, 4) is 5.75 Å². The van der Waals surface area contributed by atoms with Crippen LogP contribution in [0.4, 0.5) is 0 Å². The zero-order valence-electron chi connectivity index (χ0n) is 9.56. The van der Waals surface area contributed by atoms with Gasteiger partial charge in [0.1, 0.15) is 5.75 Å². The van der Waals surface area contributed by atoms with E-state index in [9.17, 15) is 0 Å². The second-order valence-corrected chi connectivity index (χ2v) is 4.45. The van der Waals surface area contributed by atoms with Gasteiger partial charge in [0.2, 0.25) is 0 Å². The van der Waals surface area contributed by atoms with Crippen LogP contribution in [0.5, 0.6) is 5.75 Å². The van der Waals surface area contributed by atoms with Crippen LogP contribution in [0.1, 0.15) is 11.1 Å². The molecule has 0 aromatic heterocycles. The van der Waals surface area contributed by atoms with Crippen LogP contribution >= 0.6 is 15.9 Å². The van der Waals surface area contributed by atoms with Gasteiger partial charge in [0, 0.05) is 10.0 Å². The smallest absolute Gasteiger partial charge is 0.126 e. The quantitative estimate of drug-likeness (QED) is 0.751. The molecule has 0 saturated carbocycles. The Morgan fingerprint density at radius 3 is 2.35 bits per heavy atom. The van der Waals surface area contributed by atoms with Crippen LogP contribution in [0.25, 0.3) is 10.6 Å². The van der Waals surface area contributed by atoms with Crippen molar-refractivity contribution in [2.45, 2.75) is 0 Å². The van der Waals surface area contributed by atoms with E-state index in [0.29, 0.717) is 0 Å². The highest BCUT2D eigenvalue weighted by molar-refractivity contribution is 9.15. The molecule has 0 radical (unpaired) electrons. The molecule has 2 heteroatoms. The molecule has 0 amide bonds. The number of para-hydroxylation sites is 1. The number of methoxy groups -OCH3 is 1. The number of benzene rings is 2. The maximum Gasteiger partial charge on any atom is 0.126 e. The third kappa shape index (κ3) is 2.98. The van der Waals surface area contributed by atoms with Gasteiger partial charge in [0.25, 0.3) is 0 Å². The molecule has 0 bridgehead atoms. The summed E-state index contributed by atoms with van der Waals surface area (Å²) < 4.78 is 6.36. The van der Waals surface area contributed by atoms with E-state index in [0.717, 1.165) is 21.4 Å². The lowest BCUT2D eigenvalue weighted by Gasteiger charge is -2.05. The standard InChI is InChI=1S/C15H13BrO/c1-17-15-10-6-5-9-13(15)11-14(16)12-7-3-2-4-8-12/h2-11H,1H3/b14-11+. The number of hydrogen-bond donors (Lipinski definition) is 0. The molecule has 0 aliphatic heterocycles. The first-order chi connectivity index (χ1) is 8.31. The molecular formula is C15H13BrO.